The van der Waals surface area contributed by atoms with Gasteiger partial charge in [-0.25, -0.2) is 0 Å². The van der Waals surface area contributed by atoms with Crippen LogP contribution in [0.4, 0.5) is 0 Å². The number of hydrogen-bond donors (Lipinski definition) is 0. The van der Waals surface area contributed by atoms with Crippen LogP contribution in [0.25, 0.3) is 0 Å². The predicted octanol–water partition coefficient (Wildman–Crippen LogP) is 3.24. The van der Waals surface area contributed by atoms with Crippen molar-refractivity contribution in [3.05, 3.63) is 23.8 Å². The lowest BCUT2D eigenvalue weighted by Gasteiger charge is -2.32. The normalized spacial score (nSPS) is 29.2. The van der Waals surface area contributed by atoms with Gasteiger partial charge in [-0.05, 0) is 51.1 Å². The molecule has 84 valence electrons. The Morgan fingerprint density at radius 2 is 2.07 bits per heavy atom. The molecule has 1 unspecified atom stereocenters. The Kier molecular flexibility index (Phi) is 3.63. The Labute approximate surface area is 93.9 Å². The maximum absolute atomic E-state index is 2.65. The molecule has 15 heavy (non-hydrogen) atoms. The molecule has 1 heteroatoms. The summed E-state index contributed by atoms with van der Waals surface area (Å²) in [5.74, 6) is 1.72. The quantitative estimate of drug-likeness (QED) is 0.669. The molecule has 0 radical (unpaired) electrons. The van der Waals surface area contributed by atoms with Crippen molar-refractivity contribution in [1.29, 1.82) is 0 Å². The van der Waals surface area contributed by atoms with Crippen LogP contribution in [0, 0.1) is 11.8 Å². The first-order chi connectivity index (χ1) is 7.24. The van der Waals surface area contributed by atoms with Crippen molar-refractivity contribution in [3.8, 4) is 0 Å². The van der Waals surface area contributed by atoms with Crippen molar-refractivity contribution in [2.45, 2.75) is 33.1 Å². The van der Waals surface area contributed by atoms with Crippen LogP contribution in [0.2, 0.25) is 0 Å². The molecule has 0 bridgehead atoms. The van der Waals surface area contributed by atoms with Crippen molar-refractivity contribution in [2.75, 3.05) is 19.6 Å². The summed E-state index contributed by atoms with van der Waals surface area (Å²) in [7, 11) is 0. The van der Waals surface area contributed by atoms with E-state index in [4.69, 9.17) is 0 Å². The molecule has 0 aromatic rings. The molecule has 1 heterocycles. The molecule has 1 fully saturated rings. The SMILES string of the molecule is CC1=CC=CC(CN2CCC(C)CC2)C1. The van der Waals surface area contributed by atoms with Gasteiger partial charge >= 0.3 is 0 Å². The van der Waals surface area contributed by atoms with Gasteiger partial charge in [0.15, 0.2) is 0 Å². The van der Waals surface area contributed by atoms with Crippen molar-refractivity contribution in [2.24, 2.45) is 11.8 Å². The third-order valence-corrected chi connectivity index (χ3v) is 3.72. The van der Waals surface area contributed by atoms with Gasteiger partial charge in [0.1, 0.15) is 0 Å². The first kappa shape index (κ1) is 10.9. The first-order valence-corrected chi connectivity index (χ1v) is 6.30. The summed E-state index contributed by atoms with van der Waals surface area (Å²) in [6.07, 6.45) is 10.9. The molecule has 1 atom stereocenters. The lowest BCUT2D eigenvalue weighted by atomic mass is 9.93. The fraction of sp³-hybridized carbons (Fsp3) is 0.714. The van der Waals surface area contributed by atoms with Crippen molar-refractivity contribution < 1.29 is 0 Å². The van der Waals surface area contributed by atoms with E-state index < -0.39 is 0 Å². The number of nitrogens with zero attached hydrogens (tertiary/aromatic N) is 1. The molecule has 1 aliphatic carbocycles. The van der Waals surface area contributed by atoms with Crippen LogP contribution in [-0.4, -0.2) is 24.5 Å². The topological polar surface area (TPSA) is 3.24 Å². The number of piperidine rings is 1. The first-order valence-electron chi connectivity index (χ1n) is 6.30. The molecule has 0 amide bonds. The summed E-state index contributed by atoms with van der Waals surface area (Å²) in [5, 5.41) is 0. The van der Waals surface area contributed by atoms with Crippen LogP contribution in [0.5, 0.6) is 0 Å². The third kappa shape index (κ3) is 3.20. The van der Waals surface area contributed by atoms with Crippen molar-refractivity contribution in [1.82, 2.24) is 4.90 Å². The van der Waals surface area contributed by atoms with E-state index >= 15 is 0 Å². The zero-order chi connectivity index (χ0) is 10.7. The predicted molar refractivity (Wildman–Crippen MR) is 65.8 cm³/mol. The fourth-order valence-corrected chi connectivity index (χ4v) is 2.63. The van der Waals surface area contributed by atoms with E-state index in [1.165, 1.54) is 44.5 Å². The van der Waals surface area contributed by atoms with Crippen LogP contribution in [0.15, 0.2) is 23.8 Å². The van der Waals surface area contributed by atoms with E-state index in [0.717, 1.165) is 11.8 Å². The molecule has 0 aromatic heterocycles. The summed E-state index contributed by atoms with van der Waals surface area (Å²) in [6.45, 7) is 8.52. The van der Waals surface area contributed by atoms with E-state index in [0.29, 0.717) is 0 Å². The van der Waals surface area contributed by atoms with Gasteiger partial charge in [-0.2, -0.15) is 0 Å². The van der Waals surface area contributed by atoms with Gasteiger partial charge in [-0.15, -0.1) is 0 Å². The zero-order valence-corrected chi connectivity index (χ0v) is 10.1. The second kappa shape index (κ2) is 4.98. The smallest absolute Gasteiger partial charge is 0.00475 e. The molecule has 1 aliphatic heterocycles. The molecule has 1 nitrogen and oxygen atoms in total. The highest BCUT2D eigenvalue weighted by Gasteiger charge is 2.18. The summed E-state index contributed by atoms with van der Waals surface area (Å²) in [4.78, 5) is 2.65. The lowest BCUT2D eigenvalue weighted by Crippen LogP contribution is -2.36. The number of hydrogen-bond acceptors (Lipinski definition) is 1. The van der Waals surface area contributed by atoms with Crippen molar-refractivity contribution in [3.63, 3.8) is 0 Å². The van der Waals surface area contributed by atoms with Gasteiger partial charge < -0.3 is 4.90 Å². The van der Waals surface area contributed by atoms with Gasteiger partial charge in [0.05, 0.1) is 0 Å². The Balaban J connectivity index is 1.78. The maximum Gasteiger partial charge on any atom is 0.00475 e. The summed E-state index contributed by atoms with van der Waals surface area (Å²) in [6, 6.07) is 0. The van der Waals surface area contributed by atoms with Gasteiger partial charge in [0.25, 0.3) is 0 Å². The van der Waals surface area contributed by atoms with Crippen LogP contribution >= 0.6 is 0 Å². The Morgan fingerprint density at radius 3 is 2.73 bits per heavy atom. The Bertz CT molecular complexity index is 257. The highest BCUT2D eigenvalue weighted by atomic mass is 15.1. The molecule has 0 aromatic carbocycles. The van der Waals surface area contributed by atoms with Gasteiger partial charge in [0.2, 0.25) is 0 Å². The summed E-state index contributed by atoms with van der Waals surface area (Å²) < 4.78 is 0. The summed E-state index contributed by atoms with van der Waals surface area (Å²) in [5.41, 5.74) is 1.54. The second-order valence-corrected chi connectivity index (χ2v) is 5.35. The number of likely N-dealkylation sites (tertiary alicyclic amines) is 1. The van der Waals surface area contributed by atoms with E-state index in [-0.39, 0.29) is 0 Å². The highest BCUT2D eigenvalue weighted by Crippen LogP contribution is 2.22. The van der Waals surface area contributed by atoms with Crippen LogP contribution in [0.1, 0.15) is 33.1 Å². The number of allylic oxidation sites excluding steroid dienone is 3. The monoisotopic (exact) mass is 205 g/mol. The molecule has 1 saturated heterocycles. The Hall–Kier alpha value is -0.560. The molecular formula is C14H23N. The molecule has 0 spiro atoms. The molecule has 2 rings (SSSR count). The van der Waals surface area contributed by atoms with E-state index in [2.05, 4.69) is 37.0 Å². The van der Waals surface area contributed by atoms with Gasteiger partial charge in [-0.1, -0.05) is 30.7 Å². The molecule has 0 saturated carbocycles. The van der Waals surface area contributed by atoms with E-state index in [1.54, 1.807) is 0 Å². The molecular weight excluding hydrogens is 182 g/mol. The van der Waals surface area contributed by atoms with Crippen LogP contribution in [-0.2, 0) is 0 Å². The molecule has 0 N–H and O–H groups in total. The Morgan fingerprint density at radius 1 is 1.33 bits per heavy atom. The third-order valence-electron chi connectivity index (χ3n) is 3.72. The zero-order valence-electron chi connectivity index (χ0n) is 10.1. The minimum absolute atomic E-state index is 0.767. The molecule has 2 aliphatic rings. The van der Waals surface area contributed by atoms with Gasteiger partial charge in [0, 0.05) is 6.54 Å². The van der Waals surface area contributed by atoms with E-state index in [9.17, 15) is 0 Å². The average molecular weight is 205 g/mol. The second-order valence-electron chi connectivity index (χ2n) is 5.35. The van der Waals surface area contributed by atoms with Gasteiger partial charge in [-0.3, -0.25) is 0 Å². The van der Waals surface area contributed by atoms with Crippen molar-refractivity contribution >= 4 is 0 Å². The standard InChI is InChI=1S/C14H23N/c1-12-6-8-15(9-7-12)11-14-5-3-4-13(2)10-14/h3-5,12,14H,6-11H2,1-2H3. The highest BCUT2D eigenvalue weighted by molar-refractivity contribution is 5.18. The average Bonchev–Trinajstić information content (AvgIpc) is 2.22. The largest absolute Gasteiger partial charge is 0.303 e. The maximum atomic E-state index is 2.65. The number of rotatable bonds is 2. The van der Waals surface area contributed by atoms with Crippen LogP contribution in [0.3, 0.4) is 0 Å². The summed E-state index contributed by atoms with van der Waals surface area (Å²) >= 11 is 0. The fourth-order valence-electron chi connectivity index (χ4n) is 2.63. The van der Waals surface area contributed by atoms with E-state index in [1.807, 2.05) is 0 Å². The minimum Gasteiger partial charge on any atom is -0.303 e. The minimum atomic E-state index is 0.767. The van der Waals surface area contributed by atoms with Crippen LogP contribution < -0.4 is 0 Å². The lowest BCUT2D eigenvalue weighted by molar-refractivity contribution is 0.176.